The molecule has 3 N–H and O–H groups in total. The van der Waals surface area contributed by atoms with Crippen molar-refractivity contribution in [2.24, 2.45) is 0 Å². The standard InChI is InChI=1S/C20H34N2O3/c1-4-21-9-11-22(12-10-21)15-18(23)16-24-13-14-25-20-8-6-5-7-19(20)17(2)3/h5-8,17-18,23H,4,9-16H2,1-3H3/p+2/t18-/m1/s1. The highest BCUT2D eigenvalue weighted by Gasteiger charge is 2.23. The van der Waals surface area contributed by atoms with Gasteiger partial charge in [0.25, 0.3) is 0 Å². The molecule has 1 saturated heterocycles. The van der Waals surface area contributed by atoms with Gasteiger partial charge in [-0.15, -0.1) is 0 Å². The first-order valence-electron chi connectivity index (χ1n) is 9.74. The number of piperazine rings is 1. The third-order valence-electron chi connectivity index (χ3n) is 5.03. The Labute approximate surface area is 152 Å². The number of rotatable bonds is 10. The minimum atomic E-state index is -0.388. The van der Waals surface area contributed by atoms with E-state index in [1.807, 2.05) is 18.2 Å². The van der Waals surface area contributed by atoms with Gasteiger partial charge in [0.1, 0.15) is 51.2 Å². The van der Waals surface area contributed by atoms with E-state index in [0.29, 0.717) is 25.7 Å². The van der Waals surface area contributed by atoms with Crippen molar-refractivity contribution in [2.75, 3.05) is 59.1 Å². The van der Waals surface area contributed by atoms with Crippen molar-refractivity contribution in [2.45, 2.75) is 32.8 Å². The summed E-state index contributed by atoms with van der Waals surface area (Å²) in [5.41, 5.74) is 1.22. The molecule has 0 unspecified atom stereocenters. The average molecular weight is 353 g/mol. The molecule has 1 heterocycles. The molecule has 1 aliphatic rings. The number of aliphatic hydroxyl groups is 1. The zero-order valence-corrected chi connectivity index (χ0v) is 16.1. The zero-order valence-electron chi connectivity index (χ0n) is 16.1. The van der Waals surface area contributed by atoms with E-state index in [1.54, 1.807) is 4.90 Å². The summed E-state index contributed by atoms with van der Waals surface area (Å²) in [6, 6.07) is 8.15. The normalized spacial score (nSPS) is 22.1. The van der Waals surface area contributed by atoms with Crippen molar-refractivity contribution in [3.05, 3.63) is 29.8 Å². The van der Waals surface area contributed by atoms with Crippen LogP contribution < -0.4 is 14.5 Å². The molecule has 0 spiro atoms. The maximum absolute atomic E-state index is 10.2. The number of quaternary nitrogens is 2. The fourth-order valence-corrected chi connectivity index (χ4v) is 3.43. The molecule has 5 heteroatoms. The van der Waals surface area contributed by atoms with Gasteiger partial charge >= 0.3 is 0 Å². The molecule has 0 radical (unpaired) electrons. The van der Waals surface area contributed by atoms with Crippen LogP contribution in [0, 0.1) is 0 Å². The van der Waals surface area contributed by atoms with Crippen LogP contribution in [-0.4, -0.2) is 70.3 Å². The van der Waals surface area contributed by atoms with E-state index in [4.69, 9.17) is 9.47 Å². The Morgan fingerprint density at radius 3 is 2.40 bits per heavy atom. The highest BCUT2D eigenvalue weighted by Crippen LogP contribution is 2.25. The summed E-state index contributed by atoms with van der Waals surface area (Å²) in [4.78, 5) is 3.17. The van der Waals surface area contributed by atoms with Gasteiger partial charge in [0.2, 0.25) is 0 Å². The third-order valence-corrected chi connectivity index (χ3v) is 5.03. The number of aliphatic hydroxyl groups excluding tert-OH is 1. The van der Waals surface area contributed by atoms with Crippen LogP contribution in [-0.2, 0) is 4.74 Å². The van der Waals surface area contributed by atoms with Gasteiger partial charge < -0.3 is 24.4 Å². The largest absolute Gasteiger partial charge is 0.491 e. The highest BCUT2D eigenvalue weighted by atomic mass is 16.5. The Bertz CT molecular complexity index is 488. The number of hydrogen-bond acceptors (Lipinski definition) is 3. The number of likely N-dealkylation sites (N-methyl/N-ethyl adjacent to an activating group) is 1. The lowest BCUT2D eigenvalue weighted by molar-refractivity contribution is -1.01. The number of ether oxygens (including phenoxy) is 2. The lowest BCUT2D eigenvalue weighted by atomic mass is 10.0. The van der Waals surface area contributed by atoms with E-state index in [2.05, 4.69) is 26.8 Å². The van der Waals surface area contributed by atoms with Crippen LogP contribution in [0.15, 0.2) is 24.3 Å². The summed E-state index contributed by atoms with van der Waals surface area (Å²) < 4.78 is 11.4. The Kier molecular flexibility index (Phi) is 8.68. The topological polar surface area (TPSA) is 47.6 Å². The van der Waals surface area contributed by atoms with Crippen LogP contribution in [0.3, 0.4) is 0 Å². The molecule has 0 bridgehead atoms. The molecular formula is C20H36N2O3+2. The van der Waals surface area contributed by atoms with Gasteiger partial charge in [-0.25, -0.2) is 0 Å². The van der Waals surface area contributed by atoms with Gasteiger partial charge in [0.05, 0.1) is 19.8 Å². The highest BCUT2D eigenvalue weighted by molar-refractivity contribution is 5.35. The van der Waals surface area contributed by atoms with Crippen molar-refractivity contribution in [3.63, 3.8) is 0 Å². The summed E-state index contributed by atoms with van der Waals surface area (Å²) in [6.45, 7) is 14.7. The molecule has 1 aromatic carbocycles. The molecule has 0 saturated carbocycles. The minimum Gasteiger partial charge on any atom is -0.491 e. The van der Waals surface area contributed by atoms with E-state index >= 15 is 0 Å². The molecule has 1 aromatic rings. The van der Waals surface area contributed by atoms with E-state index in [0.717, 1.165) is 25.4 Å². The second kappa shape index (κ2) is 10.8. The Morgan fingerprint density at radius 2 is 1.72 bits per heavy atom. The molecule has 0 amide bonds. The molecular weight excluding hydrogens is 316 g/mol. The van der Waals surface area contributed by atoms with E-state index < -0.39 is 0 Å². The Balaban J connectivity index is 1.58. The minimum absolute atomic E-state index is 0.388. The first-order valence-corrected chi connectivity index (χ1v) is 9.74. The van der Waals surface area contributed by atoms with Crippen LogP contribution >= 0.6 is 0 Å². The monoisotopic (exact) mass is 352 g/mol. The SMILES string of the molecule is CC[NH+]1CC[NH+](C[C@@H](O)COCCOc2ccccc2C(C)C)CC1. The molecule has 5 nitrogen and oxygen atoms in total. The summed E-state index contributed by atoms with van der Waals surface area (Å²) in [6.07, 6.45) is -0.388. The summed E-state index contributed by atoms with van der Waals surface area (Å²) in [7, 11) is 0. The quantitative estimate of drug-likeness (QED) is 0.492. The maximum atomic E-state index is 10.2. The molecule has 0 aromatic heterocycles. The van der Waals surface area contributed by atoms with Gasteiger partial charge in [0, 0.05) is 0 Å². The average Bonchev–Trinajstić information content (AvgIpc) is 2.62. The van der Waals surface area contributed by atoms with Crippen molar-refractivity contribution in [1.82, 2.24) is 0 Å². The van der Waals surface area contributed by atoms with E-state index in [9.17, 15) is 5.11 Å². The van der Waals surface area contributed by atoms with Gasteiger partial charge in [-0.3, -0.25) is 0 Å². The first kappa shape index (κ1) is 20.2. The third kappa shape index (κ3) is 6.94. The van der Waals surface area contributed by atoms with Gasteiger partial charge in [0.15, 0.2) is 0 Å². The predicted molar refractivity (Wildman–Crippen MR) is 99.7 cm³/mol. The maximum Gasteiger partial charge on any atom is 0.127 e. The predicted octanol–water partition coefficient (Wildman–Crippen LogP) is -0.630. The second-order valence-electron chi connectivity index (χ2n) is 7.33. The molecule has 142 valence electrons. The lowest BCUT2D eigenvalue weighted by Gasteiger charge is -2.30. The molecule has 0 aliphatic carbocycles. The summed E-state index contributed by atoms with van der Waals surface area (Å²) >= 11 is 0. The van der Waals surface area contributed by atoms with Gasteiger partial charge in [-0.2, -0.15) is 0 Å². The van der Waals surface area contributed by atoms with Crippen LogP contribution in [0.1, 0.15) is 32.3 Å². The van der Waals surface area contributed by atoms with Crippen LogP contribution in [0.25, 0.3) is 0 Å². The molecule has 1 atom stereocenters. The van der Waals surface area contributed by atoms with Crippen molar-refractivity contribution in [3.8, 4) is 5.75 Å². The summed E-state index contributed by atoms with van der Waals surface area (Å²) in [5, 5.41) is 10.2. The lowest BCUT2D eigenvalue weighted by Crippen LogP contribution is -3.28. The van der Waals surface area contributed by atoms with Crippen molar-refractivity contribution >= 4 is 0 Å². The molecule has 25 heavy (non-hydrogen) atoms. The van der Waals surface area contributed by atoms with Crippen molar-refractivity contribution < 1.29 is 24.4 Å². The fourth-order valence-electron chi connectivity index (χ4n) is 3.43. The second-order valence-corrected chi connectivity index (χ2v) is 7.33. The van der Waals surface area contributed by atoms with Gasteiger partial charge in [-0.1, -0.05) is 32.0 Å². The Morgan fingerprint density at radius 1 is 1.04 bits per heavy atom. The number of nitrogens with one attached hydrogen (secondary N) is 2. The molecule has 2 rings (SSSR count). The van der Waals surface area contributed by atoms with E-state index in [-0.39, 0.29) is 6.10 Å². The van der Waals surface area contributed by atoms with Crippen LogP contribution in [0.4, 0.5) is 0 Å². The van der Waals surface area contributed by atoms with Crippen LogP contribution in [0.2, 0.25) is 0 Å². The number of hydrogen-bond donors (Lipinski definition) is 3. The first-order chi connectivity index (χ1) is 12.1. The zero-order chi connectivity index (χ0) is 18.1. The Hall–Kier alpha value is -1.14. The van der Waals surface area contributed by atoms with Crippen LogP contribution in [0.5, 0.6) is 5.75 Å². The molecule has 1 aliphatic heterocycles. The number of para-hydroxylation sites is 1. The van der Waals surface area contributed by atoms with E-state index in [1.165, 1.54) is 30.1 Å². The van der Waals surface area contributed by atoms with Gasteiger partial charge in [-0.05, 0) is 24.5 Å². The smallest absolute Gasteiger partial charge is 0.127 e. The fraction of sp³-hybridized carbons (Fsp3) is 0.700. The molecule has 1 fully saturated rings. The number of benzene rings is 1. The van der Waals surface area contributed by atoms with Crippen molar-refractivity contribution in [1.29, 1.82) is 0 Å². The summed E-state index contributed by atoms with van der Waals surface area (Å²) in [5.74, 6) is 1.37.